The van der Waals surface area contributed by atoms with E-state index in [1.54, 1.807) is 6.92 Å². The van der Waals surface area contributed by atoms with E-state index in [1.165, 1.54) is 16.4 Å². The second kappa shape index (κ2) is 6.60. The van der Waals surface area contributed by atoms with Gasteiger partial charge < -0.3 is 5.73 Å². The molecule has 0 aliphatic rings. The number of hydrogen-bond acceptors (Lipinski definition) is 3. The van der Waals surface area contributed by atoms with Gasteiger partial charge in [0.15, 0.2) is 0 Å². The van der Waals surface area contributed by atoms with Crippen molar-refractivity contribution in [3.8, 4) is 0 Å². The second-order valence-corrected chi connectivity index (χ2v) is 7.23. The molecule has 1 aromatic carbocycles. The third kappa shape index (κ3) is 3.74. The third-order valence-electron chi connectivity index (χ3n) is 2.76. The Labute approximate surface area is 124 Å². The lowest BCUT2D eigenvalue weighted by atomic mass is 10.2. The van der Waals surface area contributed by atoms with Crippen molar-refractivity contribution >= 4 is 27.2 Å². The van der Waals surface area contributed by atoms with Crippen LogP contribution >= 0.6 is 12.2 Å². The van der Waals surface area contributed by atoms with Crippen LogP contribution in [0.2, 0.25) is 0 Å². The van der Waals surface area contributed by atoms with Gasteiger partial charge in [-0.3, -0.25) is 0 Å². The van der Waals surface area contributed by atoms with Crippen LogP contribution in [0.1, 0.15) is 26.3 Å². The Kier molecular flexibility index (Phi) is 5.61. The number of benzene rings is 1. The number of thiocarbonyl (C=S) groups is 1. The van der Waals surface area contributed by atoms with Crippen LogP contribution in [0.25, 0.3) is 0 Å². The Bertz CT molecular complexity index is 600. The van der Waals surface area contributed by atoms with Gasteiger partial charge in [0.2, 0.25) is 10.0 Å². The van der Waals surface area contributed by atoms with E-state index in [1.807, 2.05) is 13.8 Å². The summed E-state index contributed by atoms with van der Waals surface area (Å²) in [5.41, 5.74) is 5.35. The second-order valence-electron chi connectivity index (χ2n) is 4.86. The number of sulfonamides is 1. The summed E-state index contributed by atoms with van der Waals surface area (Å²) >= 11 is 4.73. The quantitative estimate of drug-likeness (QED) is 0.816. The Morgan fingerprint density at radius 3 is 2.50 bits per heavy atom. The Hall–Kier alpha value is -1.05. The monoisotopic (exact) mass is 318 g/mol. The van der Waals surface area contributed by atoms with Crippen LogP contribution in [0.15, 0.2) is 23.1 Å². The van der Waals surface area contributed by atoms with E-state index < -0.39 is 15.8 Å². The van der Waals surface area contributed by atoms with Crippen molar-refractivity contribution in [1.29, 1.82) is 0 Å². The molecule has 2 N–H and O–H groups in total. The highest BCUT2D eigenvalue weighted by Gasteiger charge is 2.24. The highest BCUT2D eigenvalue weighted by molar-refractivity contribution is 7.89. The molecule has 1 rings (SSSR count). The molecule has 0 atom stereocenters. The van der Waals surface area contributed by atoms with Crippen molar-refractivity contribution in [3.63, 3.8) is 0 Å². The molecule has 112 valence electrons. The predicted molar refractivity (Wildman–Crippen MR) is 81.6 cm³/mol. The van der Waals surface area contributed by atoms with E-state index in [2.05, 4.69) is 0 Å². The van der Waals surface area contributed by atoms with Crippen LogP contribution in [0, 0.1) is 11.7 Å². The Balaban J connectivity index is 3.27. The topological polar surface area (TPSA) is 63.4 Å². The number of nitrogens with zero attached hydrogens (tertiary/aromatic N) is 1. The maximum atomic E-state index is 13.5. The van der Waals surface area contributed by atoms with E-state index in [0.29, 0.717) is 13.1 Å². The van der Waals surface area contributed by atoms with Crippen molar-refractivity contribution in [2.24, 2.45) is 11.7 Å². The molecule has 0 unspecified atom stereocenters. The van der Waals surface area contributed by atoms with Crippen LogP contribution in [0.3, 0.4) is 0 Å². The normalized spacial score (nSPS) is 12.1. The predicted octanol–water partition coefficient (Wildman–Crippen LogP) is 2.13. The summed E-state index contributed by atoms with van der Waals surface area (Å²) in [6.45, 7) is 6.38. The van der Waals surface area contributed by atoms with Crippen molar-refractivity contribution in [1.82, 2.24) is 4.31 Å². The third-order valence-corrected chi connectivity index (χ3v) is 4.92. The van der Waals surface area contributed by atoms with Crippen LogP contribution < -0.4 is 5.73 Å². The first-order valence-electron chi connectivity index (χ1n) is 6.29. The summed E-state index contributed by atoms with van der Waals surface area (Å²) in [6, 6.07) is 3.50. The first-order valence-corrected chi connectivity index (χ1v) is 8.14. The number of nitrogens with two attached hydrogens (primary N) is 1. The molecule has 0 saturated heterocycles. The number of halogens is 1. The molecule has 0 spiro atoms. The zero-order valence-electron chi connectivity index (χ0n) is 11.8. The van der Waals surface area contributed by atoms with Gasteiger partial charge in [0.05, 0.1) is 4.90 Å². The molecule has 0 amide bonds. The lowest BCUT2D eigenvalue weighted by Crippen LogP contribution is -2.34. The van der Waals surface area contributed by atoms with Crippen molar-refractivity contribution in [2.75, 3.05) is 13.1 Å². The largest absolute Gasteiger partial charge is 0.389 e. The van der Waals surface area contributed by atoms with Gasteiger partial charge in [-0.05, 0) is 24.1 Å². The molecule has 7 heteroatoms. The minimum atomic E-state index is -3.67. The summed E-state index contributed by atoms with van der Waals surface area (Å²) in [5, 5.41) is 0. The lowest BCUT2D eigenvalue weighted by Gasteiger charge is -2.22. The summed E-state index contributed by atoms with van der Waals surface area (Å²) in [7, 11) is -3.67. The van der Waals surface area contributed by atoms with Crippen LogP contribution in [-0.2, 0) is 10.0 Å². The molecule has 0 heterocycles. The van der Waals surface area contributed by atoms with Crippen molar-refractivity contribution in [3.05, 3.63) is 29.6 Å². The fourth-order valence-electron chi connectivity index (χ4n) is 1.81. The molecule has 0 radical (unpaired) electrons. The van der Waals surface area contributed by atoms with Gasteiger partial charge in [-0.1, -0.05) is 33.0 Å². The average molecular weight is 318 g/mol. The Morgan fingerprint density at radius 2 is 2.05 bits per heavy atom. The summed E-state index contributed by atoms with van der Waals surface area (Å²) in [6.07, 6.45) is 0. The smallest absolute Gasteiger partial charge is 0.243 e. The van der Waals surface area contributed by atoms with E-state index in [4.69, 9.17) is 18.0 Å². The highest BCUT2D eigenvalue weighted by Crippen LogP contribution is 2.20. The molecule has 0 saturated carbocycles. The molecule has 0 aromatic heterocycles. The van der Waals surface area contributed by atoms with Crippen LogP contribution in [-0.4, -0.2) is 30.8 Å². The molecule has 0 aliphatic carbocycles. The van der Waals surface area contributed by atoms with Crippen molar-refractivity contribution < 1.29 is 12.8 Å². The van der Waals surface area contributed by atoms with Crippen molar-refractivity contribution in [2.45, 2.75) is 25.7 Å². The van der Waals surface area contributed by atoms with Gasteiger partial charge in [0.1, 0.15) is 10.8 Å². The van der Waals surface area contributed by atoms with Gasteiger partial charge in [0.25, 0.3) is 0 Å². The summed E-state index contributed by atoms with van der Waals surface area (Å²) < 4.78 is 39.9. The van der Waals surface area contributed by atoms with Gasteiger partial charge in [-0.15, -0.1) is 0 Å². The van der Waals surface area contributed by atoms with Gasteiger partial charge in [0, 0.05) is 18.7 Å². The minimum absolute atomic E-state index is 0.00389. The van der Waals surface area contributed by atoms with Gasteiger partial charge >= 0.3 is 0 Å². The standard InChI is InChI=1S/C13H19FN2O2S2/c1-4-16(8-9(2)3)20(17,18)10-5-6-12(14)11(7-10)13(15)19/h5-7,9H,4,8H2,1-3H3,(H2,15,19). The molecular weight excluding hydrogens is 299 g/mol. The van der Waals surface area contributed by atoms with Crippen LogP contribution in [0.4, 0.5) is 4.39 Å². The first kappa shape index (κ1) is 17.0. The van der Waals surface area contributed by atoms with Crippen LogP contribution in [0.5, 0.6) is 0 Å². The average Bonchev–Trinajstić information content (AvgIpc) is 2.35. The SMILES string of the molecule is CCN(CC(C)C)S(=O)(=O)c1ccc(F)c(C(N)=S)c1. The lowest BCUT2D eigenvalue weighted by molar-refractivity contribution is 0.381. The zero-order chi connectivity index (χ0) is 15.5. The summed E-state index contributed by atoms with van der Waals surface area (Å²) in [4.78, 5) is -0.157. The summed E-state index contributed by atoms with van der Waals surface area (Å²) in [5.74, 6) is -0.427. The molecule has 4 nitrogen and oxygen atoms in total. The van der Waals surface area contributed by atoms with E-state index in [0.717, 1.165) is 6.07 Å². The molecular formula is C13H19FN2O2S2. The molecule has 1 aromatic rings. The Morgan fingerprint density at radius 1 is 1.45 bits per heavy atom. The number of hydrogen-bond donors (Lipinski definition) is 1. The first-order chi connectivity index (χ1) is 9.20. The molecule has 20 heavy (non-hydrogen) atoms. The maximum Gasteiger partial charge on any atom is 0.243 e. The highest BCUT2D eigenvalue weighted by atomic mass is 32.2. The van der Waals surface area contributed by atoms with Gasteiger partial charge in [-0.2, -0.15) is 4.31 Å². The fourth-order valence-corrected chi connectivity index (χ4v) is 3.60. The van der Waals surface area contributed by atoms with Gasteiger partial charge in [-0.25, -0.2) is 12.8 Å². The maximum absolute atomic E-state index is 13.5. The molecule has 0 bridgehead atoms. The van der Waals surface area contributed by atoms with E-state index >= 15 is 0 Å². The molecule has 0 aliphatic heterocycles. The fraction of sp³-hybridized carbons (Fsp3) is 0.462. The molecule has 0 fully saturated rings. The number of rotatable bonds is 6. The van der Waals surface area contributed by atoms with E-state index in [9.17, 15) is 12.8 Å². The minimum Gasteiger partial charge on any atom is -0.389 e. The van der Waals surface area contributed by atoms with E-state index in [-0.39, 0.29) is 21.4 Å². The zero-order valence-corrected chi connectivity index (χ0v) is 13.4.